The monoisotopic (exact) mass is 355 g/mol. The first-order chi connectivity index (χ1) is 13.2. The topological polar surface area (TPSA) is 58.4 Å². The highest BCUT2D eigenvalue weighted by molar-refractivity contribution is 5.89. The first kappa shape index (κ1) is 15.6. The summed E-state index contributed by atoms with van der Waals surface area (Å²) >= 11 is 0. The lowest BCUT2D eigenvalue weighted by Crippen LogP contribution is -2.23. The van der Waals surface area contributed by atoms with Crippen LogP contribution in [0.25, 0.3) is 22.2 Å². The van der Waals surface area contributed by atoms with Gasteiger partial charge in [-0.05, 0) is 40.5 Å². The molecule has 132 valence electrons. The van der Waals surface area contributed by atoms with Crippen LogP contribution in [0.1, 0.15) is 11.1 Å². The molecule has 5 nitrogen and oxygen atoms in total. The van der Waals surface area contributed by atoms with Gasteiger partial charge in [0.25, 0.3) is 5.56 Å². The van der Waals surface area contributed by atoms with Gasteiger partial charge in [-0.2, -0.15) is 0 Å². The average molecular weight is 355 g/mol. The summed E-state index contributed by atoms with van der Waals surface area (Å²) in [6, 6.07) is 22.0. The Balaban J connectivity index is 1.56. The first-order valence-corrected chi connectivity index (χ1v) is 8.83. The van der Waals surface area contributed by atoms with Gasteiger partial charge in [-0.25, -0.2) is 4.98 Å². The molecule has 0 saturated heterocycles. The molecule has 1 aliphatic heterocycles. The maximum atomic E-state index is 12.2. The number of anilines is 1. The van der Waals surface area contributed by atoms with Crippen LogP contribution < -0.4 is 10.5 Å². The van der Waals surface area contributed by atoms with Crippen molar-refractivity contribution in [1.29, 1.82) is 0 Å². The summed E-state index contributed by atoms with van der Waals surface area (Å²) in [5, 5.41) is 10.7. The van der Waals surface area contributed by atoms with Gasteiger partial charge in [-0.15, -0.1) is 4.73 Å². The van der Waals surface area contributed by atoms with Gasteiger partial charge < -0.3 is 10.1 Å². The van der Waals surface area contributed by atoms with Crippen LogP contribution in [0, 0.1) is 0 Å². The van der Waals surface area contributed by atoms with Gasteiger partial charge in [0.1, 0.15) is 0 Å². The van der Waals surface area contributed by atoms with Gasteiger partial charge in [0.15, 0.2) is 5.65 Å². The molecule has 0 spiro atoms. The molecule has 5 rings (SSSR count). The quantitative estimate of drug-likeness (QED) is 0.555. The summed E-state index contributed by atoms with van der Waals surface area (Å²) in [5.41, 5.74) is 5.48. The van der Waals surface area contributed by atoms with E-state index in [2.05, 4.69) is 40.2 Å². The minimum absolute atomic E-state index is 0.279. The number of hydrogen-bond acceptors (Lipinski definition) is 4. The zero-order valence-corrected chi connectivity index (χ0v) is 14.5. The van der Waals surface area contributed by atoms with Crippen molar-refractivity contribution in [2.45, 2.75) is 13.1 Å². The lowest BCUT2D eigenvalue weighted by atomic mass is 10.0. The van der Waals surface area contributed by atoms with Gasteiger partial charge in [-0.1, -0.05) is 42.5 Å². The number of nitrogens with zero attached hydrogens (tertiary/aromatic N) is 3. The molecular weight excluding hydrogens is 338 g/mol. The lowest BCUT2D eigenvalue weighted by Gasteiger charge is -2.19. The second kappa shape index (κ2) is 5.99. The van der Waals surface area contributed by atoms with Crippen LogP contribution in [0.4, 0.5) is 5.69 Å². The molecule has 0 fully saturated rings. The van der Waals surface area contributed by atoms with Crippen molar-refractivity contribution in [3.8, 4) is 11.1 Å². The first-order valence-electron chi connectivity index (χ1n) is 8.83. The molecule has 3 heterocycles. The Hall–Kier alpha value is -3.60. The molecule has 0 atom stereocenters. The minimum Gasteiger partial charge on any atom is -0.423 e. The van der Waals surface area contributed by atoms with Gasteiger partial charge in [0.2, 0.25) is 0 Å². The molecule has 2 aromatic heterocycles. The van der Waals surface area contributed by atoms with Crippen molar-refractivity contribution in [2.24, 2.45) is 0 Å². The Labute approximate surface area is 155 Å². The zero-order valence-electron chi connectivity index (χ0n) is 14.5. The Morgan fingerprint density at radius 2 is 1.67 bits per heavy atom. The highest BCUT2D eigenvalue weighted by Crippen LogP contribution is 2.33. The third kappa shape index (κ3) is 2.56. The van der Waals surface area contributed by atoms with E-state index in [1.165, 1.54) is 28.3 Å². The van der Waals surface area contributed by atoms with Crippen LogP contribution in [-0.2, 0) is 13.1 Å². The molecule has 0 bridgehead atoms. The smallest absolute Gasteiger partial charge is 0.286 e. The Kier molecular flexibility index (Phi) is 3.47. The van der Waals surface area contributed by atoms with E-state index >= 15 is 0 Å². The summed E-state index contributed by atoms with van der Waals surface area (Å²) in [4.78, 5) is 18.5. The van der Waals surface area contributed by atoms with E-state index in [1.807, 2.05) is 30.3 Å². The third-order valence-corrected chi connectivity index (χ3v) is 5.11. The zero-order chi connectivity index (χ0) is 18.4. The van der Waals surface area contributed by atoms with Gasteiger partial charge in [0.05, 0.1) is 5.69 Å². The van der Waals surface area contributed by atoms with Crippen molar-refractivity contribution in [2.75, 3.05) is 4.90 Å². The van der Waals surface area contributed by atoms with E-state index in [-0.39, 0.29) is 5.65 Å². The summed E-state index contributed by atoms with van der Waals surface area (Å²) in [6.45, 7) is 1.44. The fraction of sp³-hybridized carbons (Fsp3) is 0.0909. The van der Waals surface area contributed by atoms with E-state index in [0.29, 0.717) is 4.73 Å². The second-order valence-electron chi connectivity index (χ2n) is 6.76. The Morgan fingerprint density at radius 3 is 2.52 bits per heavy atom. The van der Waals surface area contributed by atoms with Gasteiger partial charge in [-0.3, -0.25) is 4.79 Å². The number of aromatic nitrogens is 2. The summed E-state index contributed by atoms with van der Waals surface area (Å²) in [6.07, 6.45) is 1.57. The van der Waals surface area contributed by atoms with Crippen molar-refractivity contribution in [3.05, 3.63) is 94.4 Å². The SMILES string of the molecule is O=c1cc(N2Cc3ccc(-c4ccccc4)cc3C2)c2cccnc2n1O. The molecule has 1 N–H and O–H groups in total. The van der Waals surface area contributed by atoms with E-state index in [4.69, 9.17) is 0 Å². The van der Waals surface area contributed by atoms with E-state index < -0.39 is 5.56 Å². The summed E-state index contributed by atoms with van der Waals surface area (Å²) < 4.78 is 0.607. The molecule has 4 aromatic rings. The van der Waals surface area contributed by atoms with Crippen LogP contribution in [-0.4, -0.2) is 14.9 Å². The number of fused-ring (bicyclic) bond motifs is 2. The maximum Gasteiger partial charge on any atom is 0.286 e. The van der Waals surface area contributed by atoms with Crippen LogP contribution in [0.3, 0.4) is 0 Å². The van der Waals surface area contributed by atoms with E-state index in [9.17, 15) is 10.0 Å². The van der Waals surface area contributed by atoms with E-state index in [1.54, 1.807) is 6.20 Å². The fourth-order valence-electron chi connectivity index (χ4n) is 3.76. The Morgan fingerprint density at radius 1 is 0.852 bits per heavy atom. The molecule has 0 aliphatic carbocycles. The van der Waals surface area contributed by atoms with E-state index in [0.717, 1.165) is 24.2 Å². The highest BCUT2D eigenvalue weighted by Gasteiger charge is 2.23. The van der Waals surface area contributed by atoms with Crippen LogP contribution in [0.2, 0.25) is 0 Å². The lowest BCUT2D eigenvalue weighted by molar-refractivity contribution is 0.186. The number of hydrogen-bond donors (Lipinski definition) is 1. The number of pyridine rings is 2. The number of rotatable bonds is 2. The molecule has 2 aromatic carbocycles. The maximum absolute atomic E-state index is 12.2. The van der Waals surface area contributed by atoms with Crippen molar-refractivity contribution < 1.29 is 5.21 Å². The van der Waals surface area contributed by atoms with Gasteiger partial charge in [0, 0.05) is 30.7 Å². The highest BCUT2D eigenvalue weighted by atomic mass is 16.5. The van der Waals surface area contributed by atoms with Crippen molar-refractivity contribution in [1.82, 2.24) is 9.71 Å². The predicted molar refractivity (Wildman–Crippen MR) is 105 cm³/mol. The summed E-state index contributed by atoms with van der Waals surface area (Å²) in [7, 11) is 0. The van der Waals surface area contributed by atoms with Crippen molar-refractivity contribution in [3.63, 3.8) is 0 Å². The largest absolute Gasteiger partial charge is 0.423 e. The normalized spacial score (nSPS) is 13.1. The molecule has 27 heavy (non-hydrogen) atoms. The Bertz CT molecular complexity index is 1220. The standard InChI is InChI=1S/C22H17N3O2/c26-21-12-20(19-7-4-10-23-22(19)25(21)27)24-13-17-9-8-16(11-18(17)14-24)15-5-2-1-3-6-15/h1-12,27H,13-14H2. The molecular formula is C22H17N3O2. The van der Waals surface area contributed by atoms with Gasteiger partial charge >= 0.3 is 0 Å². The average Bonchev–Trinajstić information content (AvgIpc) is 3.14. The molecule has 0 amide bonds. The molecule has 0 saturated carbocycles. The fourth-order valence-corrected chi connectivity index (χ4v) is 3.76. The molecule has 0 radical (unpaired) electrons. The predicted octanol–water partition coefficient (Wildman–Crippen LogP) is 3.82. The molecule has 0 unspecified atom stereocenters. The second-order valence-corrected chi connectivity index (χ2v) is 6.76. The van der Waals surface area contributed by atoms with Crippen LogP contribution in [0.15, 0.2) is 77.7 Å². The summed E-state index contributed by atoms with van der Waals surface area (Å²) in [5.74, 6) is 0. The molecule has 1 aliphatic rings. The number of benzene rings is 2. The third-order valence-electron chi connectivity index (χ3n) is 5.11. The van der Waals surface area contributed by atoms with Crippen LogP contribution in [0.5, 0.6) is 0 Å². The molecule has 5 heteroatoms. The minimum atomic E-state index is -0.475. The van der Waals surface area contributed by atoms with Crippen LogP contribution >= 0.6 is 0 Å². The van der Waals surface area contributed by atoms with Crippen molar-refractivity contribution >= 4 is 16.7 Å².